The average molecular weight is 295 g/mol. The van der Waals surface area contributed by atoms with E-state index in [0.717, 1.165) is 5.75 Å². The molecular formula is C17H13NO4. The topological polar surface area (TPSA) is 72.6 Å². The standard InChI is InChI=1S/C17H13NO4/c1-11-15(17(19)20)16(18-22-11)12-7-9-14(10-8-12)21-13-5-3-2-4-6-13/h2-10H,1H3,(H,19,20). The molecule has 2 aromatic carbocycles. The van der Waals surface area contributed by atoms with E-state index in [1.165, 1.54) is 0 Å². The lowest BCUT2D eigenvalue weighted by molar-refractivity contribution is 0.0696. The van der Waals surface area contributed by atoms with Gasteiger partial charge in [0.2, 0.25) is 0 Å². The Balaban J connectivity index is 1.87. The van der Waals surface area contributed by atoms with Crippen LogP contribution >= 0.6 is 0 Å². The van der Waals surface area contributed by atoms with Gasteiger partial charge in [-0.1, -0.05) is 23.4 Å². The van der Waals surface area contributed by atoms with Crippen LogP contribution in [0, 0.1) is 6.92 Å². The number of hydrogen-bond acceptors (Lipinski definition) is 4. The molecule has 0 fully saturated rings. The predicted octanol–water partition coefficient (Wildman–Crippen LogP) is 4.14. The van der Waals surface area contributed by atoms with Crippen molar-refractivity contribution in [1.29, 1.82) is 0 Å². The number of benzene rings is 2. The molecule has 0 atom stereocenters. The van der Waals surface area contributed by atoms with E-state index in [9.17, 15) is 9.90 Å². The molecule has 1 N–H and O–H groups in total. The van der Waals surface area contributed by atoms with Crippen molar-refractivity contribution in [1.82, 2.24) is 5.16 Å². The fourth-order valence-corrected chi connectivity index (χ4v) is 2.13. The maximum atomic E-state index is 11.3. The largest absolute Gasteiger partial charge is 0.477 e. The van der Waals surface area contributed by atoms with Crippen molar-refractivity contribution in [2.24, 2.45) is 0 Å². The quantitative estimate of drug-likeness (QED) is 0.783. The molecule has 5 nitrogen and oxygen atoms in total. The zero-order valence-corrected chi connectivity index (χ0v) is 11.8. The third-order valence-electron chi connectivity index (χ3n) is 3.18. The van der Waals surface area contributed by atoms with Gasteiger partial charge in [-0.3, -0.25) is 0 Å². The normalized spacial score (nSPS) is 10.4. The highest BCUT2D eigenvalue weighted by atomic mass is 16.5. The van der Waals surface area contributed by atoms with Crippen molar-refractivity contribution in [3.05, 3.63) is 65.9 Å². The van der Waals surface area contributed by atoms with Crippen LogP contribution in [0.4, 0.5) is 0 Å². The number of carboxylic acid groups (broad SMARTS) is 1. The Morgan fingerprint density at radius 1 is 1.05 bits per heavy atom. The number of para-hydroxylation sites is 1. The summed E-state index contributed by atoms with van der Waals surface area (Å²) in [5.74, 6) is 0.622. The van der Waals surface area contributed by atoms with Gasteiger partial charge in [-0.05, 0) is 43.3 Å². The van der Waals surface area contributed by atoms with Crippen molar-refractivity contribution in [3.63, 3.8) is 0 Å². The molecule has 0 aliphatic carbocycles. The van der Waals surface area contributed by atoms with Crippen LogP contribution in [0.15, 0.2) is 59.1 Å². The first-order valence-corrected chi connectivity index (χ1v) is 6.68. The van der Waals surface area contributed by atoms with E-state index < -0.39 is 5.97 Å². The Morgan fingerprint density at radius 3 is 2.32 bits per heavy atom. The van der Waals surface area contributed by atoms with Crippen LogP contribution in [-0.4, -0.2) is 16.2 Å². The molecule has 1 heterocycles. The summed E-state index contributed by atoms with van der Waals surface area (Å²) in [5.41, 5.74) is 1.06. The summed E-state index contributed by atoms with van der Waals surface area (Å²) in [6.07, 6.45) is 0. The fourth-order valence-electron chi connectivity index (χ4n) is 2.13. The summed E-state index contributed by atoms with van der Waals surface area (Å²) in [6, 6.07) is 16.4. The smallest absolute Gasteiger partial charge is 0.341 e. The molecule has 0 saturated carbocycles. The summed E-state index contributed by atoms with van der Waals surface area (Å²) in [7, 11) is 0. The summed E-state index contributed by atoms with van der Waals surface area (Å²) in [6.45, 7) is 1.58. The monoisotopic (exact) mass is 295 g/mol. The van der Waals surface area contributed by atoms with E-state index in [0.29, 0.717) is 17.0 Å². The summed E-state index contributed by atoms with van der Waals surface area (Å²) < 4.78 is 10.7. The number of aromatic nitrogens is 1. The fraction of sp³-hybridized carbons (Fsp3) is 0.0588. The van der Waals surface area contributed by atoms with Gasteiger partial charge >= 0.3 is 5.97 Å². The average Bonchev–Trinajstić information content (AvgIpc) is 2.91. The van der Waals surface area contributed by atoms with E-state index in [1.54, 1.807) is 31.2 Å². The highest BCUT2D eigenvalue weighted by molar-refractivity contribution is 5.95. The molecular weight excluding hydrogens is 282 g/mol. The Hall–Kier alpha value is -3.08. The number of nitrogens with zero attached hydrogens (tertiary/aromatic N) is 1. The molecule has 0 aliphatic heterocycles. The molecule has 0 saturated heterocycles. The molecule has 3 aromatic rings. The summed E-state index contributed by atoms with van der Waals surface area (Å²) >= 11 is 0. The van der Waals surface area contributed by atoms with E-state index in [2.05, 4.69) is 5.16 Å². The maximum absolute atomic E-state index is 11.3. The van der Waals surface area contributed by atoms with Gasteiger partial charge in [0, 0.05) is 5.56 Å². The Labute approximate surface area is 126 Å². The Bertz CT molecular complexity index is 791. The second-order valence-electron chi connectivity index (χ2n) is 4.71. The second kappa shape index (κ2) is 5.73. The Morgan fingerprint density at radius 2 is 1.68 bits per heavy atom. The number of aromatic carboxylic acids is 1. The molecule has 0 bridgehead atoms. The van der Waals surface area contributed by atoms with Crippen LogP contribution in [0.25, 0.3) is 11.3 Å². The third kappa shape index (κ3) is 2.69. The van der Waals surface area contributed by atoms with Crippen molar-refractivity contribution >= 4 is 5.97 Å². The first-order chi connectivity index (χ1) is 10.6. The van der Waals surface area contributed by atoms with Crippen LogP contribution in [0.2, 0.25) is 0 Å². The minimum Gasteiger partial charge on any atom is -0.477 e. The van der Waals surface area contributed by atoms with Gasteiger partial charge in [0.1, 0.15) is 28.5 Å². The first kappa shape index (κ1) is 13.9. The van der Waals surface area contributed by atoms with Gasteiger partial charge in [-0.25, -0.2) is 4.79 Å². The molecule has 22 heavy (non-hydrogen) atoms. The molecule has 3 rings (SSSR count). The van der Waals surface area contributed by atoms with Gasteiger partial charge in [-0.2, -0.15) is 0 Å². The molecule has 0 amide bonds. The molecule has 5 heteroatoms. The van der Waals surface area contributed by atoms with E-state index in [-0.39, 0.29) is 11.3 Å². The van der Waals surface area contributed by atoms with Gasteiger partial charge < -0.3 is 14.4 Å². The molecule has 0 aliphatic rings. The van der Waals surface area contributed by atoms with E-state index >= 15 is 0 Å². The van der Waals surface area contributed by atoms with Crippen LogP contribution < -0.4 is 4.74 Å². The van der Waals surface area contributed by atoms with Crippen LogP contribution in [-0.2, 0) is 0 Å². The lowest BCUT2D eigenvalue weighted by Gasteiger charge is -2.06. The molecule has 110 valence electrons. The highest BCUT2D eigenvalue weighted by Crippen LogP contribution is 2.28. The number of rotatable bonds is 4. The lowest BCUT2D eigenvalue weighted by Crippen LogP contribution is -1.99. The minimum absolute atomic E-state index is 0.0803. The van der Waals surface area contributed by atoms with Crippen molar-refractivity contribution < 1.29 is 19.2 Å². The van der Waals surface area contributed by atoms with E-state index in [1.807, 2.05) is 30.3 Å². The highest BCUT2D eigenvalue weighted by Gasteiger charge is 2.20. The van der Waals surface area contributed by atoms with Crippen molar-refractivity contribution in [2.75, 3.05) is 0 Å². The zero-order chi connectivity index (χ0) is 15.5. The predicted molar refractivity (Wildman–Crippen MR) is 80.2 cm³/mol. The van der Waals surface area contributed by atoms with Gasteiger partial charge in [-0.15, -0.1) is 0 Å². The third-order valence-corrected chi connectivity index (χ3v) is 3.18. The number of aryl methyl sites for hydroxylation is 1. The molecule has 0 unspecified atom stereocenters. The number of carbonyl (C=O) groups is 1. The molecule has 1 aromatic heterocycles. The number of carboxylic acids is 1. The second-order valence-corrected chi connectivity index (χ2v) is 4.71. The number of ether oxygens (including phenoxy) is 1. The first-order valence-electron chi connectivity index (χ1n) is 6.68. The molecule has 0 radical (unpaired) electrons. The number of hydrogen-bond donors (Lipinski definition) is 1. The Kier molecular flexibility index (Phi) is 3.62. The zero-order valence-electron chi connectivity index (χ0n) is 11.8. The van der Waals surface area contributed by atoms with Crippen LogP contribution in [0.3, 0.4) is 0 Å². The minimum atomic E-state index is -1.06. The van der Waals surface area contributed by atoms with Gasteiger partial charge in [0.05, 0.1) is 0 Å². The summed E-state index contributed by atoms with van der Waals surface area (Å²) in [4.78, 5) is 11.3. The van der Waals surface area contributed by atoms with E-state index in [4.69, 9.17) is 9.26 Å². The van der Waals surface area contributed by atoms with Gasteiger partial charge in [0.25, 0.3) is 0 Å². The van der Waals surface area contributed by atoms with Crippen molar-refractivity contribution in [2.45, 2.75) is 6.92 Å². The SMILES string of the molecule is Cc1onc(-c2ccc(Oc3ccccc3)cc2)c1C(=O)O. The maximum Gasteiger partial charge on any atom is 0.341 e. The van der Waals surface area contributed by atoms with Crippen molar-refractivity contribution in [3.8, 4) is 22.8 Å². The summed E-state index contributed by atoms with van der Waals surface area (Å²) in [5, 5.41) is 13.0. The van der Waals surface area contributed by atoms with Crippen LogP contribution in [0.1, 0.15) is 16.1 Å². The molecule has 0 spiro atoms. The van der Waals surface area contributed by atoms with Crippen LogP contribution in [0.5, 0.6) is 11.5 Å². The lowest BCUT2D eigenvalue weighted by atomic mass is 10.1. The van der Waals surface area contributed by atoms with Gasteiger partial charge in [0.15, 0.2) is 0 Å².